The van der Waals surface area contributed by atoms with Crippen molar-refractivity contribution >= 4 is 18.4 Å². The number of esters is 1. The van der Waals surface area contributed by atoms with Crippen molar-refractivity contribution in [3.05, 3.63) is 48.0 Å². The lowest BCUT2D eigenvalue weighted by atomic mass is 9.85. The van der Waals surface area contributed by atoms with Crippen LogP contribution in [0.2, 0.25) is 0 Å². The Morgan fingerprint density at radius 1 is 1.29 bits per heavy atom. The van der Waals surface area contributed by atoms with E-state index in [0.717, 1.165) is 44.0 Å². The number of ether oxygens (including phenoxy) is 1. The van der Waals surface area contributed by atoms with Crippen molar-refractivity contribution in [2.45, 2.75) is 32.1 Å². The number of rotatable bonds is 6. The van der Waals surface area contributed by atoms with Gasteiger partial charge in [0.15, 0.2) is 0 Å². The number of hydrogen-bond acceptors (Lipinski definition) is 3. The lowest BCUT2D eigenvalue weighted by Gasteiger charge is -2.22. The summed E-state index contributed by atoms with van der Waals surface area (Å²) in [4.78, 5) is 15.1. The van der Waals surface area contributed by atoms with Crippen LogP contribution in [0.4, 0.5) is 0 Å². The first kappa shape index (κ1) is 19.0. The zero-order chi connectivity index (χ0) is 16.1. The second-order valence-corrected chi connectivity index (χ2v) is 6.92. The SMILES string of the molecule is CC1CCN(CCOC(=O)C(c2ccccc2)C2C=CCC2)C1.Cl. The summed E-state index contributed by atoms with van der Waals surface area (Å²) in [5.41, 5.74) is 1.07. The number of hydrogen-bond donors (Lipinski definition) is 0. The fraction of sp³-hybridized carbons (Fsp3) is 0.550. The van der Waals surface area contributed by atoms with Crippen molar-refractivity contribution in [1.29, 1.82) is 0 Å². The second kappa shape index (κ2) is 9.24. The first-order chi connectivity index (χ1) is 11.2. The molecule has 0 amide bonds. The molecular weight excluding hydrogens is 322 g/mol. The van der Waals surface area contributed by atoms with Crippen LogP contribution in [0, 0.1) is 11.8 Å². The third-order valence-electron chi connectivity index (χ3n) is 5.05. The van der Waals surface area contributed by atoms with Crippen LogP contribution in [-0.2, 0) is 9.53 Å². The lowest BCUT2D eigenvalue weighted by Crippen LogP contribution is -2.28. The quantitative estimate of drug-likeness (QED) is 0.573. The van der Waals surface area contributed by atoms with Gasteiger partial charge in [0.05, 0.1) is 5.92 Å². The van der Waals surface area contributed by atoms with Gasteiger partial charge in [-0.3, -0.25) is 9.69 Å². The van der Waals surface area contributed by atoms with E-state index in [4.69, 9.17) is 4.74 Å². The van der Waals surface area contributed by atoms with Crippen LogP contribution in [0.25, 0.3) is 0 Å². The van der Waals surface area contributed by atoms with Crippen LogP contribution < -0.4 is 0 Å². The molecule has 1 aromatic rings. The molecule has 2 aliphatic rings. The molecule has 1 saturated heterocycles. The van der Waals surface area contributed by atoms with Crippen molar-refractivity contribution in [1.82, 2.24) is 4.90 Å². The highest BCUT2D eigenvalue weighted by atomic mass is 35.5. The topological polar surface area (TPSA) is 29.5 Å². The number of halogens is 1. The summed E-state index contributed by atoms with van der Waals surface area (Å²) in [6.45, 7) is 5.91. The number of nitrogens with zero attached hydrogens (tertiary/aromatic N) is 1. The Balaban J connectivity index is 0.00000208. The molecule has 0 bridgehead atoms. The predicted molar refractivity (Wildman–Crippen MR) is 99.5 cm³/mol. The maximum absolute atomic E-state index is 12.7. The summed E-state index contributed by atoms with van der Waals surface area (Å²) >= 11 is 0. The van der Waals surface area contributed by atoms with Crippen LogP contribution in [0.1, 0.15) is 37.7 Å². The summed E-state index contributed by atoms with van der Waals surface area (Å²) in [5, 5.41) is 0. The third kappa shape index (κ3) is 4.84. The van der Waals surface area contributed by atoms with Gasteiger partial charge in [-0.05, 0) is 43.2 Å². The molecule has 1 fully saturated rings. The third-order valence-corrected chi connectivity index (χ3v) is 5.05. The molecule has 1 aromatic carbocycles. The molecule has 3 unspecified atom stereocenters. The predicted octanol–water partition coefficient (Wildman–Crippen LogP) is 4.04. The molecule has 1 heterocycles. The highest BCUT2D eigenvalue weighted by molar-refractivity contribution is 5.85. The zero-order valence-electron chi connectivity index (χ0n) is 14.4. The standard InChI is InChI=1S/C20H27NO2.ClH/c1-16-11-12-21(15-16)13-14-23-20(22)19(18-9-5-6-10-18)17-7-3-2-4-8-17;/h2-5,7-9,16,18-19H,6,10-15H2,1H3;1H. The minimum absolute atomic E-state index is 0. The van der Waals surface area contributed by atoms with Crippen LogP contribution >= 0.6 is 12.4 Å². The molecule has 0 saturated carbocycles. The summed E-state index contributed by atoms with van der Waals surface area (Å²) in [5.74, 6) is 0.815. The molecule has 3 nitrogen and oxygen atoms in total. The van der Waals surface area contributed by atoms with E-state index in [-0.39, 0.29) is 30.2 Å². The van der Waals surface area contributed by atoms with Gasteiger partial charge in [0.1, 0.15) is 6.61 Å². The Kier molecular flexibility index (Phi) is 7.32. The largest absolute Gasteiger partial charge is 0.464 e. The van der Waals surface area contributed by atoms with E-state index < -0.39 is 0 Å². The van der Waals surface area contributed by atoms with Gasteiger partial charge in [-0.2, -0.15) is 0 Å². The maximum atomic E-state index is 12.7. The molecule has 24 heavy (non-hydrogen) atoms. The molecule has 0 N–H and O–H groups in total. The molecule has 1 aliphatic carbocycles. The number of likely N-dealkylation sites (tertiary alicyclic amines) is 1. The Hall–Kier alpha value is -1.32. The van der Waals surface area contributed by atoms with Crippen molar-refractivity contribution < 1.29 is 9.53 Å². The van der Waals surface area contributed by atoms with Crippen molar-refractivity contribution in [2.75, 3.05) is 26.2 Å². The Morgan fingerprint density at radius 2 is 2.08 bits per heavy atom. The average Bonchev–Trinajstić information content (AvgIpc) is 3.21. The molecule has 3 atom stereocenters. The highest BCUT2D eigenvalue weighted by Crippen LogP contribution is 2.34. The Labute approximate surface area is 151 Å². The summed E-state index contributed by atoms with van der Waals surface area (Å²) in [6.07, 6.45) is 7.72. The minimum atomic E-state index is -0.160. The smallest absolute Gasteiger partial charge is 0.314 e. The monoisotopic (exact) mass is 349 g/mol. The van der Waals surface area contributed by atoms with E-state index in [1.54, 1.807) is 0 Å². The number of carbonyl (C=O) groups excluding carboxylic acids is 1. The molecule has 4 heteroatoms. The fourth-order valence-corrected chi connectivity index (χ4v) is 3.75. The van der Waals surface area contributed by atoms with E-state index in [2.05, 4.69) is 24.0 Å². The van der Waals surface area contributed by atoms with Gasteiger partial charge in [0, 0.05) is 13.1 Å². The number of carbonyl (C=O) groups is 1. The minimum Gasteiger partial charge on any atom is -0.464 e. The molecule has 132 valence electrons. The van der Waals surface area contributed by atoms with Crippen molar-refractivity contribution in [3.63, 3.8) is 0 Å². The van der Waals surface area contributed by atoms with Gasteiger partial charge in [-0.25, -0.2) is 0 Å². The molecule has 0 aromatic heterocycles. The fourth-order valence-electron chi connectivity index (χ4n) is 3.75. The number of benzene rings is 1. The van der Waals surface area contributed by atoms with E-state index in [1.165, 1.54) is 6.42 Å². The maximum Gasteiger partial charge on any atom is 0.314 e. The van der Waals surface area contributed by atoms with Gasteiger partial charge < -0.3 is 4.74 Å². The van der Waals surface area contributed by atoms with Crippen molar-refractivity contribution in [2.24, 2.45) is 11.8 Å². The van der Waals surface area contributed by atoms with Gasteiger partial charge in [-0.15, -0.1) is 12.4 Å². The first-order valence-electron chi connectivity index (χ1n) is 8.84. The van der Waals surface area contributed by atoms with Gasteiger partial charge >= 0.3 is 5.97 Å². The van der Waals surface area contributed by atoms with E-state index in [0.29, 0.717) is 6.61 Å². The van der Waals surface area contributed by atoms with Crippen LogP contribution in [0.5, 0.6) is 0 Å². The molecular formula is C20H28ClNO2. The summed E-state index contributed by atoms with van der Waals surface area (Å²) in [6, 6.07) is 10.1. The van der Waals surface area contributed by atoms with Gasteiger partial charge in [-0.1, -0.05) is 49.4 Å². The molecule has 0 spiro atoms. The van der Waals surface area contributed by atoms with E-state index in [9.17, 15) is 4.79 Å². The first-order valence-corrected chi connectivity index (χ1v) is 8.84. The molecule has 3 rings (SSSR count). The van der Waals surface area contributed by atoms with Gasteiger partial charge in [0.2, 0.25) is 0 Å². The van der Waals surface area contributed by atoms with E-state index >= 15 is 0 Å². The van der Waals surface area contributed by atoms with Crippen LogP contribution in [-0.4, -0.2) is 37.1 Å². The summed E-state index contributed by atoms with van der Waals surface area (Å²) < 4.78 is 5.65. The lowest BCUT2D eigenvalue weighted by molar-refractivity contribution is -0.146. The normalized spacial score (nSPS) is 24.5. The van der Waals surface area contributed by atoms with Gasteiger partial charge in [0.25, 0.3) is 0 Å². The zero-order valence-corrected chi connectivity index (χ0v) is 15.2. The molecule has 1 aliphatic heterocycles. The van der Waals surface area contributed by atoms with E-state index in [1.807, 2.05) is 30.3 Å². The Bertz CT molecular complexity index is 546. The highest BCUT2D eigenvalue weighted by Gasteiger charge is 2.31. The summed E-state index contributed by atoms with van der Waals surface area (Å²) in [7, 11) is 0. The number of allylic oxidation sites excluding steroid dienone is 2. The average molecular weight is 350 g/mol. The van der Waals surface area contributed by atoms with Crippen molar-refractivity contribution in [3.8, 4) is 0 Å². The Morgan fingerprint density at radius 3 is 2.71 bits per heavy atom. The second-order valence-electron chi connectivity index (χ2n) is 6.92. The molecule has 0 radical (unpaired) electrons. The van der Waals surface area contributed by atoms with Crippen LogP contribution in [0.3, 0.4) is 0 Å². The van der Waals surface area contributed by atoms with Crippen LogP contribution in [0.15, 0.2) is 42.5 Å².